The van der Waals surface area contributed by atoms with Gasteiger partial charge in [-0.05, 0) is 43.2 Å². The van der Waals surface area contributed by atoms with Gasteiger partial charge in [-0.2, -0.15) is 0 Å². The van der Waals surface area contributed by atoms with Crippen molar-refractivity contribution in [1.82, 2.24) is 9.88 Å². The van der Waals surface area contributed by atoms with Crippen molar-refractivity contribution in [2.45, 2.75) is 38.1 Å². The van der Waals surface area contributed by atoms with Crippen LogP contribution in [0.3, 0.4) is 0 Å². The van der Waals surface area contributed by atoms with Gasteiger partial charge in [-0.3, -0.25) is 9.59 Å². The lowest BCUT2D eigenvalue weighted by Gasteiger charge is -2.23. The second-order valence-electron chi connectivity index (χ2n) is 7.90. The van der Waals surface area contributed by atoms with E-state index in [1.54, 1.807) is 29.5 Å². The van der Waals surface area contributed by atoms with Crippen LogP contribution in [0, 0.1) is 0 Å². The molecular weight excluding hydrogens is 412 g/mol. The Bertz CT molecular complexity index is 1090. The second kappa shape index (κ2) is 8.67. The molecule has 31 heavy (non-hydrogen) atoms. The lowest BCUT2D eigenvalue weighted by atomic mass is 10.1. The zero-order valence-electron chi connectivity index (χ0n) is 17.2. The van der Waals surface area contributed by atoms with Crippen molar-refractivity contribution in [2.24, 2.45) is 0 Å². The first kappa shape index (κ1) is 20.0. The summed E-state index contributed by atoms with van der Waals surface area (Å²) in [6.07, 6.45) is 3.08. The van der Waals surface area contributed by atoms with E-state index in [2.05, 4.69) is 6.07 Å². The number of nitrogens with zero attached hydrogens (tertiary/aromatic N) is 2. The summed E-state index contributed by atoms with van der Waals surface area (Å²) < 4.78 is 12.4. The molecule has 3 heterocycles. The molecule has 160 valence electrons. The van der Waals surface area contributed by atoms with Gasteiger partial charge in [-0.15, -0.1) is 11.3 Å². The van der Waals surface area contributed by atoms with Gasteiger partial charge in [0.05, 0.1) is 29.5 Å². The predicted molar refractivity (Wildman–Crippen MR) is 119 cm³/mol. The highest BCUT2D eigenvalue weighted by molar-refractivity contribution is 7.18. The molecule has 1 amide bonds. The maximum absolute atomic E-state index is 13.0. The van der Waals surface area contributed by atoms with E-state index in [1.165, 1.54) is 0 Å². The van der Waals surface area contributed by atoms with Crippen molar-refractivity contribution >= 4 is 33.2 Å². The van der Waals surface area contributed by atoms with Crippen LogP contribution in [0.15, 0.2) is 42.5 Å². The third-order valence-electron chi connectivity index (χ3n) is 5.80. The van der Waals surface area contributed by atoms with Gasteiger partial charge in [-0.25, -0.2) is 4.98 Å². The standard InChI is InChI=1S/C24H24N2O4S/c27-19(16-8-10-20-21(15-16)30-14-4-13-29-20)9-11-23(28)26-12-3-6-18(26)24-25-17-5-1-2-7-22(17)31-24/h1-2,5,7-8,10,15,18H,3-4,6,9,11-14H2. The zero-order valence-corrected chi connectivity index (χ0v) is 18.0. The molecule has 6 nitrogen and oxygen atoms in total. The fourth-order valence-electron chi connectivity index (χ4n) is 4.20. The fraction of sp³-hybridized carbons (Fsp3) is 0.375. The van der Waals surface area contributed by atoms with Crippen molar-refractivity contribution in [1.29, 1.82) is 0 Å². The minimum absolute atomic E-state index is 0.0121. The van der Waals surface area contributed by atoms with Crippen LogP contribution in [0.4, 0.5) is 0 Å². The largest absolute Gasteiger partial charge is 0.490 e. The van der Waals surface area contributed by atoms with Crippen LogP contribution in [0.5, 0.6) is 11.5 Å². The average Bonchev–Trinajstić information content (AvgIpc) is 3.38. The molecule has 0 radical (unpaired) electrons. The van der Waals surface area contributed by atoms with E-state index in [9.17, 15) is 9.59 Å². The Labute approximate surface area is 184 Å². The zero-order chi connectivity index (χ0) is 21.2. The van der Waals surface area contributed by atoms with Gasteiger partial charge >= 0.3 is 0 Å². The Morgan fingerprint density at radius 1 is 1.03 bits per heavy atom. The number of aromatic nitrogens is 1. The number of carbonyl (C=O) groups excluding carboxylic acids is 2. The quantitative estimate of drug-likeness (QED) is 0.538. The third-order valence-corrected chi connectivity index (χ3v) is 6.94. The van der Waals surface area contributed by atoms with Gasteiger partial charge in [0.25, 0.3) is 0 Å². The molecule has 7 heteroatoms. The first-order chi connectivity index (χ1) is 15.2. The number of fused-ring (bicyclic) bond motifs is 2. The smallest absolute Gasteiger partial charge is 0.223 e. The Hall–Kier alpha value is -2.93. The summed E-state index contributed by atoms with van der Waals surface area (Å²) in [6.45, 7) is 1.91. The van der Waals surface area contributed by atoms with Crippen molar-refractivity contribution in [3.05, 3.63) is 53.0 Å². The monoisotopic (exact) mass is 436 g/mol. The first-order valence-electron chi connectivity index (χ1n) is 10.8. The summed E-state index contributed by atoms with van der Waals surface area (Å²) in [4.78, 5) is 32.3. The Morgan fingerprint density at radius 2 is 1.87 bits per heavy atom. The SMILES string of the molecule is O=C(CCC(=O)N1CCCC1c1nc2ccccc2s1)c1ccc2c(c1)OCCCO2. The normalized spacial score (nSPS) is 18.2. The number of thiazole rings is 1. The van der Waals surface area contributed by atoms with Gasteiger partial charge in [-0.1, -0.05) is 12.1 Å². The molecule has 0 bridgehead atoms. The van der Waals surface area contributed by atoms with Crippen LogP contribution in [0.1, 0.15) is 53.5 Å². The van der Waals surface area contributed by atoms with Gasteiger partial charge in [0, 0.05) is 31.4 Å². The maximum Gasteiger partial charge on any atom is 0.223 e. The van der Waals surface area contributed by atoms with E-state index in [4.69, 9.17) is 14.5 Å². The summed E-state index contributed by atoms with van der Waals surface area (Å²) in [5.74, 6) is 1.23. The molecule has 0 spiro atoms. The molecule has 1 aromatic heterocycles. The molecule has 1 saturated heterocycles. The van der Waals surface area contributed by atoms with E-state index >= 15 is 0 Å². The topological polar surface area (TPSA) is 68.7 Å². The number of para-hydroxylation sites is 1. The minimum atomic E-state index is -0.0558. The number of amides is 1. The molecule has 2 aliphatic rings. The number of hydrogen-bond donors (Lipinski definition) is 0. The number of rotatable bonds is 5. The summed E-state index contributed by atoms with van der Waals surface area (Å²) in [7, 11) is 0. The fourth-order valence-corrected chi connectivity index (χ4v) is 5.31. The molecule has 0 N–H and O–H groups in total. The predicted octanol–water partition coefficient (Wildman–Crippen LogP) is 4.78. The Kier molecular flexibility index (Phi) is 5.59. The Morgan fingerprint density at radius 3 is 2.74 bits per heavy atom. The van der Waals surface area contributed by atoms with E-state index in [0.29, 0.717) is 30.3 Å². The Balaban J connectivity index is 1.24. The molecule has 1 fully saturated rings. The van der Waals surface area contributed by atoms with Crippen LogP contribution in [-0.4, -0.2) is 41.3 Å². The van der Waals surface area contributed by atoms with Gasteiger partial charge in [0.2, 0.25) is 5.91 Å². The molecule has 2 aromatic carbocycles. The third kappa shape index (κ3) is 4.14. The van der Waals surface area contributed by atoms with Gasteiger partial charge < -0.3 is 14.4 Å². The highest BCUT2D eigenvalue weighted by Gasteiger charge is 2.32. The number of benzene rings is 2. The van der Waals surface area contributed by atoms with E-state index in [-0.39, 0.29) is 30.6 Å². The summed E-state index contributed by atoms with van der Waals surface area (Å²) in [5.41, 5.74) is 1.53. The van der Waals surface area contributed by atoms with Crippen LogP contribution >= 0.6 is 11.3 Å². The summed E-state index contributed by atoms with van der Waals surface area (Å²) >= 11 is 1.65. The molecule has 3 aromatic rings. The average molecular weight is 437 g/mol. The van der Waals surface area contributed by atoms with Crippen molar-refractivity contribution < 1.29 is 19.1 Å². The van der Waals surface area contributed by atoms with E-state index < -0.39 is 0 Å². The summed E-state index contributed by atoms with van der Waals surface area (Å²) in [5, 5.41) is 0.987. The van der Waals surface area contributed by atoms with Crippen LogP contribution < -0.4 is 9.47 Å². The molecule has 1 atom stereocenters. The molecule has 2 aliphatic heterocycles. The lowest BCUT2D eigenvalue weighted by molar-refractivity contribution is -0.132. The lowest BCUT2D eigenvalue weighted by Crippen LogP contribution is -2.30. The van der Waals surface area contributed by atoms with Crippen LogP contribution in [0.25, 0.3) is 10.2 Å². The minimum Gasteiger partial charge on any atom is -0.490 e. The van der Waals surface area contributed by atoms with Crippen LogP contribution in [-0.2, 0) is 4.79 Å². The number of likely N-dealkylation sites (tertiary alicyclic amines) is 1. The van der Waals surface area contributed by atoms with E-state index in [0.717, 1.165) is 41.0 Å². The highest BCUT2D eigenvalue weighted by atomic mass is 32.1. The summed E-state index contributed by atoms with van der Waals surface area (Å²) in [6, 6.07) is 13.3. The van der Waals surface area contributed by atoms with Crippen molar-refractivity contribution in [3.8, 4) is 11.5 Å². The van der Waals surface area contributed by atoms with Crippen LogP contribution in [0.2, 0.25) is 0 Å². The highest BCUT2D eigenvalue weighted by Crippen LogP contribution is 2.37. The molecular formula is C24H24N2O4S. The molecule has 0 saturated carbocycles. The van der Waals surface area contributed by atoms with E-state index in [1.807, 2.05) is 23.1 Å². The molecule has 0 aliphatic carbocycles. The molecule has 5 rings (SSSR count). The molecule has 1 unspecified atom stereocenters. The first-order valence-corrected chi connectivity index (χ1v) is 11.6. The second-order valence-corrected chi connectivity index (χ2v) is 8.96. The maximum atomic E-state index is 13.0. The number of ether oxygens (including phenoxy) is 2. The number of carbonyl (C=O) groups is 2. The van der Waals surface area contributed by atoms with Crippen molar-refractivity contribution in [2.75, 3.05) is 19.8 Å². The van der Waals surface area contributed by atoms with Gasteiger partial charge in [0.1, 0.15) is 5.01 Å². The number of ketones is 1. The number of Topliss-reactive ketones (excluding diaryl/α,β-unsaturated/α-hetero) is 1. The van der Waals surface area contributed by atoms with Crippen molar-refractivity contribution in [3.63, 3.8) is 0 Å². The van der Waals surface area contributed by atoms with Gasteiger partial charge in [0.15, 0.2) is 17.3 Å². The number of hydrogen-bond acceptors (Lipinski definition) is 6.